The first-order valence-corrected chi connectivity index (χ1v) is 8.22. The monoisotopic (exact) mass is 333 g/mol. The Morgan fingerprint density at radius 1 is 1.27 bits per heavy atom. The molecule has 0 bridgehead atoms. The Morgan fingerprint density at radius 3 is 2.82 bits per heavy atom. The zero-order valence-corrected chi connectivity index (χ0v) is 13.9. The van der Waals surface area contributed by atoms with Crippen molar-refractivity contribution in [1.29, 1.82) is 0 Å². The maximum atomic E-state index is 6.21. The van der Waals surface area contributed by atoms with E-state index in [1.807, 2.05) is 55.7 Å². The van der Waals surface area contributed by atoms with E-state index < -0.39 is 0 Å². The Bertz CT molecular complexity index is 741. The van der Waals surface area contributed by atoms with E-state index in [2.05, 4.69) is 15.0 Å². The van der Waals surface area contributed by atoms with E-state index in [1.165, 1.54) is 0 Å². The van der Waals surface area contributed by atoms with Crippen LogP contribution in [0.4, 0.5) is 0 Å². The summed E-state index contributed by atoms with van der Waals surface area (Å²) in [6, 6.07) is 11.8. The summed E-state index contributed by atoms with van der Waals surface area (Å²) in [5, 5.41) is 6.83. The fourth-order valence-electron chi connectivity index (χ4n) is 2.13. The predicted octanol–water partition coefficient (Wildman–Crippen LogP) is 4.64. The molecule has 0 saturated heterocycles. The summed E-state index contributed by atoms with van der Waals surface area (Å²) in [5.74, 6) is 1.25. The molecule has 0 saturated carbocycles. The van der Waals surface area contributed by atoms with Crippen LogP contribution in [0.3, 0.4) is 0 Å². The van der Waals surface area contributed by atoms with E-state index in [1.54, 1.807) is 11.3 Å². The second-order valence-corrected chi connectivity index (χ2v) is 6.47. The van der Waals surface area contributed by atoms with Crippen LogP contribution >= 0.6 is 22.9 Å². The highest BCUT2D eigenvalue weighted by atomic mass is 35.5. The third-order valence-corrected chi connectivity index (χ3v) is 4.81. The lowest BCUT2D eigenvalue weighted by molar-refractivity contribution is 0.203. The molecule has 0 unspecified atom stereocenters. The summed E-state index contributed by atoms with van der Waals surface area (Å²) < 4.78 is 5.41. The van der Waals surface area contributed by atoms with Gasteiger partial charge >= 0.3 is 0 Å². The maximum Gasteiger partial charge on any atom is 0.244 e. The Kier molecular flexibility index (Phi) is 4.57. The lowest BCUT2D eigenvalue weighted by Gasteiger charge is -2.22. The fourth-order valence-corrected chi connectivity index (χ4v) is 2.98. The molecule has 0 aliphatic carbocycles. The number of halogens is 1. The fraction of sp³-hybridized carbons (Fsp3) is 0.250. The van der Waals surface area contributed by atoms with Crippen molar-refractivity contribution < 1.29 is 4.52 Å². The summed E-state index contributed by atoms with van der Waals surface area (Å²) in [7, 11) is 2.02. The zero-order valence-electron chi connectivity index (χ0n) is 12.4. The summed E-state index contributed by atoms with van der Waals surface area (Å²) >= 11 is 7.81. The minimum absolute atomic E-state index is 0.0116. The van der Waals surface area contributed by atoms with Crippen molar-refractivity contribution in [2.45, 2.75) is 19.5 Å². The van der Waals surface area contributed by atoms with Crippen molar-refractivity contribution in [2.75, 3.05) is 7.05 Å². The molecule has 1 atom stereocenters. The first-order chi connectivity index (χ1) is 10.6. The molecule has 2 aromatic heterocycles. The van der Waals surface area contributed by atoms with Crippen LogP contribution in [0.15, 0.2) is 46.3 Å². The highest BCUT2D eigenvalue weighted by Crippen LogP contribution is 2.26. The molecular weight excluding hydrogens is 318 g/mol. The normalized spacial score (nSPS) is 12.7. The van der Waals surface area contributed by atoms with Crippen molar-refractivity contribution in [2.24, 2.45) is 0 Å². The smallest absolute Gasteiger partial charge is 0.244 e. The minimum Gasteiger partial charge on any atom is -0.337 e. The van der Waals surface area contributed by atoms with Crippen LogP contribution in [0.5, 0.6) is 0 Å². The van der Waals surface area contributed by atoms with Gasteiger partial charge in [0.1, 0.15) is 0 Å². The average Bonchev–Trinajstić information content (AvgIpc) is 3.19. The molecule has 4 nitrogen and oxygen atoms in total. The Balaban J connectivity index is 1.73. The second kappa shape index (κ2) is 6.60. The van der Waals surface area contributed by atoms with Crippen LogP contribution < -0.4 is 0 Å². The van der Waals surface area contributed by atoms with Gasteiger partial charge in [-0.1, -0.05) is 41.0 Å². The maximum absolute atomic E-state index is 6.21. The molecule has 0 spiro atoms. The molecule has 2 heterocycles. The highest BCUT2D eigenvalue weighted by molar-refractivity contribution is 7.13. The van der Waals surface area contributed by atoms with Gasteiger partial charge in [-0.3, -0.25) is 4.90 Å². The van der Waals surface area contributed by atoms with Crippen LogP contribution in [0.2, 0.25) is 5.02 Å². The standard InChI is InChI=1S/C16H16ClN3OS/c1-11(20(2)10-12-6-3-4-7-13(12)17)16-18-15(19-21-16)14-8-5-9-22-14/h3-9,11H,10H2,1-2H3/t11-/m1/s1. The van der Waals surface area contributed by atoms with E-state index in [0.717, 1.165) is 22.0 Å². The molecule has 114 valence electrons. The molecule has 0 aliphatic rings. The first-order valence-electron chi connectivity index (χ1n) is 6.96. The zero-order chi connectivity index (χ0) is 15.5. The van der Waals surface area contributed by atoms with Gasteiger partial charge < -0.3 is 4.52 Å². The Morgan fingerprint density at radius 2 is 2.09 bits per heavy atom. The molecule has 1 aromatic carbocycles. The van der Waals surface area contributed by atoms with E-state index in [0.29, 0.717) is 11.7 Å². The van der Waals surface area contributed by atoms with E-state index in [9.17, 15) is 0 Å². The molecule has 6 heteroatoms. The molecule has 0 amide bonds. The molecule has 3 aromatic rings. The Hall–Kier alpha value is -1.69. The number of rotatable bonds is 5. The molecular formula is C16H16ClN3OS. The molecule has 3 rings (SSSR count). The quantitative estimate of drug-likeness (QED) is 0.682. The largest absolute Gasteiger partial charge is 0.337 e. The average molecular weight is 334 g/mol. The lowest BCUT2D eigenvalue weighted by atomic mass is 10.2. The minimum atomic E-state index is 0.0116. The van der Waals surface area contributed by atoms with Crippen molar-refractivity contribution in [1.82, 2.24) is 15.0 Å². The summed E-state index contributed by atoms with van der Waals surface area (Å²) in [4.78, 5) is 7.64. The summed E-state index contributed by atoms with van der Waals surface area (Å²) in [6.45, 7) is 2.76. The van der Waals surface area contributed by atoms with Gasteiger partial charge in [-0.25, -0.2) is 0 Å². The van der Waals surface area contributed by atoms with Gasteiger partial charge in [0, 0.05) is 11.6 Å². The molecule has 22 heavy (non-hydrogen) atoms. The number of hydrogen-bond donors (Lipinski definition) is 0. The number of nitrogens with zero attached hydrogens (tertiary/aromatic N) is 3. The first kappa shape index (κ1) is 15.2. The highest BCUT2D eigenvalue weighted by Gasteiger charge is 2.20. The van der Waals surface area contributed by atoms with E-state index in [4.69, 9.17) is 16.1 Å². The van der Waals surface area contributed by atoms with Crippen LogP contribution in [0, 0.1) is 0 Å². The number of benzene rings is 1. The van der Waals surface area contributed by atoms with Crippen molar-refractivity contribution >= 4 is 22.9 Å². The molecule has 0 fully saturated rings. The second-order valence-electron chi connectivity index (χ2n) is 5.12. The van der Waals surface area contributed by atoms with Gasteiger partial charge in [0.25, 0.3) is 0 Å². The molecule has 0 N–H and O–H groups in total. The number of hydrogen-bond acceptors (Lipinski definition) is 5. The van der Waals surface area contributed by atoms with Crippen molar-refractivity contribution in [3.8, 4) is 10.7 Å². The van der Waals surface area contributed by atoms with Crippen LogP contribution in [0.25, 0.3) is 10.7 Å². The van der Waals surface area contributed by atoms with Gasteiger partial charge in [-0.15, -0.1) is 11.3 Å². The third kappa shape index (κ3) is 3.21. The molecule has 0 aliphatic heterocycles. The lowest BCUT2D eigenvalue weighted by Crippen LogP contribution is -2.22. The Labute approximate surface area is 138 Å². The number of thiophene rings is 1. The van der Waals surface area contributed by atoms with E-state index >= 15 is 0 Å². The topological polar surface area (TPSA) is 42.2 Å². The third-order valence-electron chi connectivity index (χ3n) is 3.58. The molecule has 0 radical (unpaired) electrons. The van der Waals surface area contributed by atoms with Crippen LogP contribution in [-0.4, -0.2) is 22.1 Å². The van der Waals surface area contributed by atoms with Crippen LogP contribution in [0.1, 0.15) is 24.4 Å². The van der Waals surface area contributed by atoms with Gasteiger partial charge in [0.05, 0.1) is 10.9 Å². The SMILES string of the molecule is C[C@H](c1nc(-c2cccs2)no1)N(C)Cc1ccccc1Cl. The van der Waals surface area contributed by atoms with Crippen molar-refractivity contribution in [3.63, 3.8) is 0 Å². The summed E-state index contributed by atoms with van der Waals surface area (Å²) in [6.07, 6.45) is 0. The van der Waals surface area contributed by atoms with Gasteiger partial charge in [0.15, 0.2) is 0 Å². The number of aromatic nitrogens is 2. The summed E-state index contributed by atoms with van der Waals surface area (Å²) in [5.41, 5.74) is 1.08. The van der Waals surface area contributed by atoms with Gasteiger partial charge in [0.2, 0.25) is 11.7 Å². The predicted molar refractivity (Wildman–Crippen MR) is 88.9 cm³/mol. The van der Waals surface area contributed by atoms with Gasteiger partial charge in [-0.2, -0.15) is 4.98 Å². The van der Waals surface area contributed by atoms with Gasteiger partial charge in [-0.05, 0) is 37.0 Å². The van der Waals surface area contributed by atoms with Crippen molar-refractivity contribution in [3.05, 3.63) is 58.3 Å². The van der Waals surface area contributed by atoms with E-state index in [-0.39, 0.29) is 6.04 Å². The van der Waals surface area contributed by atoms with Crippen LogP contribution in [-0.2, 0) is 6.54 Å².